The summed E-state index contributed by atoms with van der Waals surface area (Å²) >= 11 is 6.22. The van der Waals surface area contributed by atoms with E-state index in [9.17, 15) is 5.11 Å². The van der Waals surface area contributed by atoms with Crippen LogP contribution < -0.4 is 4.74 Å². The van der Waals surface area contributed by atoms with Crippen molar-refractivity contribution in [3.8, 4) is 11.5 Å². The van der Waals surface area contributed by atoms with Crippen LogP contribution in [0.15, 0.2) is 36.5 Å². The molecule has 2 heterocycles. The molecular formula is C21H22ClN3O2. The van der Waals surface area contributed by atoms with Gasteiger partial charge >= 0.3 is 0 Å². The molecule has 0 radical (unpaired) electrons. The molecule has 0 unspecified atom stereocenters. The molecule has 0 atom stereocenters. The van der Waals surface area contributed by atoms with Crippen molar-refractivity contribution in [3.05, 3.63) is 52.9 Å². The van der Waals surface area contributed by atoms with Crippen molar-refractivity contribution in [3.63, 3.8) is 0 Å². The Hall–Kier alpha value is -2.11. The Morgan fingerprint density at radius 1 is 1.00 bits per heavy atom. The van der Waals surface area contributed by atoms with Gasteiger partial charge in [-0.05, 0) is 69.7 Å². The third-order valence-electron chi connectivity index (χ3n) is 6.52. The molecular weight excluding hydrogens is 362 g/mol. The van der Waals surface area contributed by atoms with Crippen LogP contribution in [0, 0.1) is 6.92 Å². The Balaban J connectivity index is 1.55. The molecule has 2 bridgehead atoms. The van der Waals surface area contributed by atoms with Gasteiger partial charge in [-0.25, -0.2) is 0 Å². The molecule has 6 heteroatoms. The minimum absolute atomic E-state index is 0.00842. The van der Waals surface area contributed by atoms with Gasteiger partial charge in [-0.3, -0.25) is 4.40 Å². The van der Waals surface area contributed by atoms with Gasteiger partial charge in [0.05, 0.1) is 5.60 Å². The molecule has 140 valence electrons. The van der Waals surface area contributed by atoms with Crippen LogP contribution in [0.1, 0.15) is 49.9 Å². The molecule has 6 rings (SSSR count). The fourth-order valence-corrected chi connectivity index (χ4v) is 4.82. The Bertz CT molecular complexity index is 1000. The zero-order valence-corrected chi connectivity index (χ0v) is 16.0. The van der Waals surface area contributed by atoms with Crippen LogP contribution in [0.5, 0.6) is 11.5 Å². The van der Waals surface area contributed by atoms with Crippen LogP contribution in [-0.2, 0) is 5.41 Å². The zero-order chi connectivity index (χ0) is 18.6. The molecule has 3 fully saturated rings. The van der Waals surface area contributed by atoms with Crippen molar-refractivity contribution in [2.45, 2.75) is 56.5 Å². The van der Waals surface area contributed by atoms with Crippen LogP contribution in [0.4, 0.5) is 0 Å². The zero-order valence-electron chi connectivity index (χ0n) is 15.3. The Labute approximate surface area is 162 Å². The van der Waals surface area contributed by atoms with E-state index in [2.05, 4.69) is 14.6 Å². The van der Waals surface area contributed by atoms with E-state index in [1.807, 2.05) is 43.5 Å². The van der Waals surface area contributed by atoms with E-state index in [0.29, 0.717) is 16.4 Å². The van der Waals surface area contributed by atoms with E-state index >= 15 is 0 Å². The number of halogens is 1. The van der Waals surface area contributed by atoms with Crippen LogP contribution in [0.2, 0.25) is 5.02 Å². The molecule has 0 spiro atoms. The van der Waals surface area contributed by atoms with Gasteiger partial charge in [0.1, 0.15) is 11.6 Å². The molecule has 5 nitrogen and oxygen atoms in total. The van der Waals surface area contributed by atoms with Crippen LogP contribution in [0.25, 0.3) is 5.65 Å². The van der Waals surface area contributed by atoms with Gasteiger partial charge in [0.15, 0.2) is 5.75 Å². The minimum Gasteiger partial charge on any atom is -0.453 e. The molecule has 3 aliphatic rings. The normalized spacial score (nSPS) is 27.2. The summed E-state index contributed by atoms with van der Waals surface area (Å²) in [4.78, 5) is 0. The molecule has 0 aliphatic heterocycles. The maximum atomic E-state index is 10.5. The number of benzene rings is 1. The second-order valence-electron chi connectivity index (χ2n) is 8.06. The number of aromatic nitrogens is 3. The van der Waals surface area contributed by atoms with Gasteiger partial charge in [-0.2, -0.15) is 0 Å². The number of hydrogen-bond donors (Lipinski definition) is 1. The highest BCUT2D eigenvalue weighted by molar-refractivity contribution is 6.31. The number of aliphatic hydroxyl groups is 1. The van der Waals surface area contributed by atoms with Crippen LogP contribution in [-0.4, -0.2) is 25.3 Å². The maximum absolute atomic E-state index is 10.5. The van der Waals surface area contributed by atoms with Gasteiger partial charge in [-0.15, -0.1) is 10.2 Å². The predicted octanol–water partition coefficient (Wildman–Crippen LogP) is 4.82. The first-order chi connectivity index (χ1) is 13.0. The molecule has 3 saturated carbocycles. The van der Waals surface area contributed by atoms with Gasteiger partial charge < -0.3 is 9.84 Å². The lowest BCUT2D eigenvalue weighted by molar-refractivity contribution is -0.0682. The second kappa shape index (κ2) is 5.94. The average Bonchev–Trinajstić information content (AvgIpc) is 3.12. The van der Waals surface area contributed by atoms with Crippen LogP contribution in [0.3, 0.4) is 0 Å². The minimum atomic E-state index is -0.458. The predicted molar refractivity (Wildman–Crippen MR) is 104 cm³/mol. The average molecular weight is 384 g/mol. The van der Waals surface area contributed by atoms with Crippen molar-refractivity contribution >= 4 is 17.2 Å². The van der Waals surface area contributed by atoms with E-state index < -0.39 is 5.60 Å². The third kappa shape index (κ3) is 2.64. The molecule has 3 aromatic rings. The highest BCUT2D eigenvalue weighted by Gasteiger charge is 2.50. The summed E-state index contributed by atoms with van der Waals surface area (Å²) in [5, 5.41) is 20.2. The largest absolute Gasteiger partial charge is 0.453 e. The fraction of sp³-hybridized carbons (Fsp3) is 0.429. The highest BCUT2D eigenvalue weighted by atomic mass is 35.5. The lowest BCUT2D eigenvalue weighted by atomic mass is 9.58. The quantitative estimate of drug-likeness (QED) is 0.704. The van der Waals surface area contributed by atoms with Crippen LogP contribution >= 0.6 is 11.6 Å². The van der Waals surface area contributed by atoms with Crippen molar-refractivity contribution in [1.82, 2.24) is 14.6 Å². The molecule has 2 aromatic heterocycles. The van der Waals surface area contributed by atoms with Crippen molar-refractivity contribution in [1.29, 1.82) is 0 Å². The topological polar surface area (TPSA) is 59.7 Å². The number of pyridine rings is 1. The van der Waals surface area contributed by atoms with Gasteiger partial charge in [0, 0.05) is 22.2 Å². The van der Waals surface area contributed by atoms with Crippen molar-refractivity contribution < 1.29 is 9.84 Å². The number of nitrogens with zero attached hydrogens (tertiary/aromatic N) is 3. The first-order valence-electron chi connectivity index (χ1n) is 9.49. The van der Waals surface area contributed by atoms with Crippen molar-refractivity contribution in [2.24, 2.45) is 0 Å². The molecule has 0 amide bonds. The van der Waals surface area contributed by atoms with E-state index in [-0.39, 0.29) is 5.41 Å². The third-order valence-corrected chi connectivity index (χ3v) is 6.93. The van der Waals surface area contributed by atoms with Gasteiger partial charge in [0.2, 0.25) is 5.65 Å². The summed E-state index contributed by atoms with van der Waals surface area (Å²) in [7, 11) is 0. The van der Waals surface area contributed by atoms with E-state index in [1.54, 1.807) is 0 Å². The van der Waals surface area contributed by atoms with Crippen molar-refractivity contribution in [2.75, 3.05) is 0 Å². The standard InChI is InChI=1S/C21H22ClN3O2/c1-14-15(22)4-2-5-16(14)27-17-6-3-13-25-18(17)23-24-19(25)20-7-10-21(26,11-8-20)12-9-20/h2-6,13,26H,7-12H2,1H3. The number of hydrogen-bond acceptors (Lipinski definition) is 4. The first kappa shape index (κ1) is 17.0. The molecule has 1 N–H and O–H groups in total. The Kier molecular flexibility index (Phi) is 3.75. The summed E-state index contributed by atoms with van der Waals surface area (Å²) in [6, 6.07) is 9.51. The summed E-state index contributed by atoms with van der Waals surface area (Å²) in [6.07, 6.45) is 7.43. The molecule has 0 saturated heterocycles. The smallest absolute Gasteiger partial charge is 0.203 e. The number of ether oxygens (including phenoxy) is 1. The second-order valence-corrected chi connectivity index (χ2v) is 8.47. The lowest BCUT2D eigenvalue weighted by Crippen LogP contribution is -2.48. The Morgan fingerprint density at radius 2 is 1.70 bits per heavy atom. The fourth-order valence-electron chi connectivity index (χ4n) is 4.65. The molecule has 27 heavy (non-hydrogen) atoms. The van der Waals surface area contributed by atoms with E-state index in [1.165, 1.54) is 0 Å². The number of fused-ring (bicyclic) bond motifs is 4. The van der Waals surface area contributed by atoms with E-state index in [0.717, 1.165) is 55.7 Å². The lowest BCUT2D eigenvalue weighted by Gasteiger charge is -2.49. The molecule has 1 aromatic carbocycles. The summed E-state index contributed by atoms with van der Waals surface area (Å²) in [6.45, 7) is 1.94. The Morgan fingerprint density at radius 3 is 2.44 bits per heavy atom. The molecule has 3 aliphatic carbocycles. The SMILES string of the molecule is Cc1c(Cl)cccc1Oc1cccn2c(C34CCC(O)(CC3)CC4)nnc12. The number of rotatable bonds is 3. The summed E-state index contributed by atoms with van der Waals surface area (Å²) < 4.78 is 8.21. The maximum Gasteiger partial charge on any atom is 0.203 e. The highest BCUT2D eigenvalue weighted by Crippen LogP contribution is 2.53. The summed E-state index contributed by atoms with van der Waals surface area (Å²) in [5.41, 5.74) is 1.17. The summed E-state index contributed by atoms with van der Waals surface area (Å²) in [5.74, 6) is 2.38. The first-order valence-corrected chi connectivity index (χ1v) is 9.87. The monoisotopic (exact) mass is 383 g/mol. The van der Waals surface area contributed by atoms with Gasteiger partial charge in [-0.1, -0.05) is 17.7 Å². The van der Waals surface area contributed by atoms with Gasteiger partial charge in [0.25, 0.3) is 0 Å². The van der Waals surface area contributed by atoms with E-state index in [4.69, 9.17) is 16.3 Å².